The third-order valence-electron chi connectivity index (χ3n) is 2.94. The summed E-state index contributed by atoms with van der Waals surface area (Å²) in [4.78, 5) is 0. The topological polar surface area (TPSA) is 41.5 Å². The molecule has 0 spiro atoms. The van der Waals surface area contributed by atoms with Crippen molar-refractivity contribution >= 4 is 31.9 Å². The Hall–Kier alpha value is -1.04. The van der Waals surface area contributed by atoms with E-state index in [9.17, 15) is 5.11 Å². The molecule has 2 N–H and O–H groups in total. The lowest BCUT2D eigenvalue weighted by molar-refractivity contribution is 0.313. The number of halogens is 2. The molecule has 0 aromatic heterocycles. The Bertz CT molecular complexity index is 594. The number of phenols is 1. The molecule has 0 aliphatic rings. The van der Waals surface area contributed by atoms with Crippen molar-refractivity contribution < 1.29 is 9.84 Å². The zero-order valence-corrected chi connectivity index (χ0v) is 14.9. The van der Waals surface area contributed by atoms with Gasteiger partial charge in [0.05, 0.1) is 8.95 Å². The number of nitrogens with one attached hydrogen (secondary N) is 1. The van der Waals surface area contributed by atoms with E-state index in [1.54, 1.807) is 0 Å². The minimum absolute atomic E-state index is 0.224. The first kappa shape index (κ1) is 16.3. The molecule has 0 saturated carbocycles. The summed E-state index contributed by atoms with van der Waals surface area (Å²) in [5.74, 6) is 1.12. The van der Waals surface area contributed by atoms with Crippen molar-refractivity contribution in [2.75, 3.05) is 13.2 Å². The third-order valence-corrected chi connectivity index (χ3v) is 4.15. The van der Waals surface area contributed by atoms with Crippen LogP contribution in [0.25, 0.3) is 0 Å². The van der Waals surface area contributed by atoms with Crippen LogP contribution in [-0.2, 0) is 6.54 Å². The zero-order valence-electron chi connectivity index (χ0n) is 11.7. The molecule has 0 atom stereocenters. The standard InChI is InChI=1S/C16H17Br2NO2/c1-11-3-2-4-13(7-11)21-6-5-19-10-12-8-14(17)16(20)15(18)9-12/h2-4,7-9,19-20H,5-6,10H2,1H3. The molecule has 3 nitrogen and oxygen atoms in total. The summed E-state index contributed by atoms with van der Waals surface area (Å²) >= 11 is 6.65. The monoisotopic (exact) mass is 413 g/mol. The van der Waals surface area contributed by atoms with Crippen molar-refractivity contribution in [2.45, 2.75) is 13.5 Å². The van der Waals surface area contributed by atoms with Gasteiger partial charge in [0.25, 0.3) is 0 Å². The highest BCUT2D eigenvalue weighted by Gasteiger charge is 2.05. The summed E-state index contributed by atoms with van der Waals surface area (Å²) in [6.45, 7) is 4.13. The fourth-order valence-corrected chi connectivity index (χ4v) is 3.18. The minimum atomic E-state index is 0.224. The average Bonchev–Trinajstić information content (AvgIpc) is 2.44. The Kier molecular flexibility index (Phi) is 6.08. The number of rotatable bonds is 6. The van der Waals surface area contributed by atoms with Gasteiger partial charge in [0.1, 0.15) is 18.1 Å². The predicted molar refractivity (Wildman–Crippen MR) is 91.9 cm³/mol. The predicted octanol–water partition coefficient (Wildman–Crippen LogP) is 4.39. The lowest BCUT2D eigenvalue weighted by Crippen LogP contribution is -2.20. The molecule has 0 unspecified atom stereocenters. The Balaban J connectivity index is 1.75. The van der Waals surface area contributed by atoms with Gasteiger partial charge in [-0.1, -0.05) is 12.1 Å². The van der Waals surface area contributed by atoms with Crippen molar-refractivity contribution in [3.05, 3.63) is 56.5 Å². The van der Waals surface area contributed by atoms with Gasteiger partial charge in [0.2, 0.25) is 0 Å². The van der Waals surface area contributed by atoms with Gasteiger partial charge in [-0.05, 0) is 74.2 Å². The summed E-state index contributed by atoms with van der Waals surface area (Å²) in [6, 6.07) is 11.8. The van der Waals surface area contributed by atoms with Crippen LogP contribution in [0.15, 0.2) is 45.3 Å². The third kappa shape index (κ3) is 5.02. The van der Waals surface area contributed by atoms with Gasteiger partial charge in [0, 0.05) is 13.1 Å². The molecule has 0 saturated heterocycles. The quantitative estimate of drug-likeness (QED) is 0.688. The van der Waals surface area contributed by atoms with Crippen LogP contribution in [0.4, 0.5) is 0 Å². The van der Waals surface area contributed by atoms with Crippen molar-refractivity contribution in [1.82, 2.24) is 5.32 Å². The number of phenolic OH excluding ortho intramolecular Hbond substituents is 1. The molecule has 2 aromatic carbocycles. The zero-order chi connectivity index (χ0) is 15.2. The maximum absolute atomic E-state index is 9.65. The number of ether oxygens (including phenoxy) is 1. The van der Waals surface area contributed by atoms with Gasteiger partial charge >= 0.3 is 0 Å². The van der Waals surface area contributed by atoms with Crippen molar-refractivity contribution in [3.63, 3.8) is 0 Å². The molecule has 0 bridgehead atoms. The SMILES string of the molecule is Cc1cccc(OCCNCc2cc(Br)c(O)c(Br)c2)c1. The summed E-state index contributed by atoms with van der Waals surface area (Å²) in [5, 5.41) is 13.0. The summed E-state index contributed by atoms with van der Waals surface area (Å²) in [5.41, 5.74) is 2.28. The van der Waals surface area contributed by atoms with E-state index in [0.29, 0.717) is 22.1 Å². The van der Waals surface area contributed by atoms with Gasteiger partial charge in [-0.2, -0.15) is 0 Å². The van der Waals surface area contributed by atoms with E-state index < -0.39 is 0 Å². The Morgan fingerprint density at radius 3 is 2.52 bits per heavy atom. The number of benzene rings is 2. The second-order valence-corrected chi connectivity index (χ2v) is 6.46. The van der Waals surface area contributed by atoms with E-state index in [4.69, 9.17) is 4.74 Å². The van der Waals surface area contributed by atoms with E-state index in [-0.39, 0.29) is 5.75 Å². The maximum Gasteiger partial charge on any atom is 0.143 e. The van der Waals surface area contributed by atoms with Crippen molar-refractivity contribution in [3.8, 4) is 11.5 Å². The highest BCUT2D eigenvalue weighted by Crippen LogP contribution is 2.33. The molecule has 0 heterocycles. The highest BCUT2D eigenvalue weighted by atomic mass is 79.9. The first-order valence-corrected chi connectivity index (χ1v) is 8.22. The Morgan fingerprint density at radius 1 is 1.14 bits per heavy atom. The molecule has 2 rings (SSSR count). The number of hydrogen-bond acceptors (Lipinski definition) is 3. The van der Waals surface area contributed by atoms with Crippen LogP contribution in [0.3, 0.4) is 0 Å². The lowest BCUT2D eigenvalue weighted by Gasteiger charge is -2.09. The number of aryl methyl sites for hydroxylation is 1. The van der Waals surface area contributed by atoms with E-state index in [2.05, 4.69) is 37.2 Å². The van der Waals surface area contributed by atoms with E-state index in [1.807, 2.05) is 43.3 Å². The molecule has 0 aliphatic heterocycles. The molecule has 0 aliphatic carbocycles. The van der Waals surface area contributed by atoms with E-state index >= 15 is 0 Å². The fourth-order valence-electron chi connectivity index (χ4n) is 1.90. The van der Waals surface area contributed by atoms with Crippen LogP contribution in [-0.4, -0.2) is 18.3 Å². The second-order valence-electron chi connectivity index (χ2n) is 4.75. The lowest BCUT2D eigenvalue weighted by atomic mass is 10.2. The van der Waals surface area contributed by atoms with Crippen LogP contribution < -0.4 is 10.1 Å². The molecular formula is C16H17Br2NO2. The van der Waals surface area contributed by atoms with Gasteiger partial charge in [0.15, 0.2) is 0 Å². The molecule has 0 amide bonds. The maximum atomic E-state index is 9.65. The van der Waals surface area contributed by atoms with Crippen LogP contribution in [0, 0.1) is 6.92 Å². The molecule has 112 valence electrons. The minimum Gasteiger partial charge on any atom is -0.506 e. The first-order chi connectivity index (χ1) is 10.1. The fraction of sp³-hybridized carbons (Fsp3) is 0.250. The summed E-state index contributed by atoms with van der Waals surface area (Å²) in [6.07, 6.45) is 0. The molecule has 0 fully saturated rings. The van der Waals surface area contributed by atoms with E-state index in [0.717, 1.165) is 17.9 Å². The van der Waals surface area contributed by atoms with Gasteiger partial charge in [-0.15, -0.1) is 0 Å². The largest absolute Gasteiger partial charge is 0.506 e. The number of hydrogen-bond donors (Lipinski definition) is 2. The molecule has 0 radical (unpaired) electrons. The molecule has 21 heavy (non-hydrogen) atoms. The van der Waals surface area contributed by atoms with Gasteiger partial charge in [-0.25, -0.2) is 0 Å². The summed E-state index contributed by atoms with van der Waals surface area (Å²) < 4.78 is 7.04. The molecule has 2 aromatic rings. The van der Waals surface area contributed by atoms with Crippen molar-refractivity contribution in [1.29, 1.82) is 0 Å². The van der Waals surface area contributed by atoms with Gasteiger partial charge in [-0.3, -0.25) is 0 Å². The molecular weight excluding hydrogens is 398 g/mol. The van der Waals surface area contributed by atoms with E-state index in [1.165, 1.54) is 5.56 Å². The first-order valence-electron chi connectivity index (χ1n) is 6.63. The van der Waals surface area contributed by atoms with Crippen LogP contribution in [0.5, 0.6) is 11.5 Å². The van der Waals surface area contributed by atoms with Crippen LogP contribution in [0.1, 0.15) is 11.1 Å². The average molecular weight is 415 g/mol. The normalized spacial score (nSPS) is 10.6. The molecule has 5 heteroatoms. The van der Waals surface area contributed by atoms with Crippen LogP contribution >= 0.6 is 31.9 Å². The van der Waals surface area contributed by atoms with Crippen LogP contribution in [0.2, 0.25) is 0 Å². The van der Waals surface area contributed by atoms with Gasteiger partial charge < -0.3 is 15.2 Å². The smallest absolute Gasteiger partial charge is 0.143 e. The highest BCUT2D eigenvalue weighted by molar-refractivity contribution is 9.11. The summed E-state index contributed by atoms with van der Waals surface area (Å²) in [7, 11) is 0. The Morgan fingerprint density at radius 2 is 1.86 bits per heavy atom. The van der Waals surface area contributed by atoms with Crippen molar-refractivity contribution in [2.24, 2.45) is 0 Å². The number of aromatic hydroxyl groups is 1. The second kappa shape index (κ2) is 7.82. The Labute approximate surface area is 141 Å².